The van der Waals surface area contributed by atoms with E-state index in [1.165, 1.54) is 38.9 Å². The molecule has 1 aliphatic rings. The van der Waals surface area contributed by atoms with Gasteiger partial charge >= 0.3 is 0 Å². The number of rotatable bonds is 3. The molecule has 1 aliphatic heterocycles. The lowest BCUT2D eigenvalue weighted by Gasteiger charge is -2.39. The van der Waals surface area contributed by atoms with E-state index in [2.05, 4.69) is 45.0 Å². The quantitative estimate of drug-likeness (QED) is 0.773. The molecule has 0 radical (unpaired) electrons. The fraction of sp³-hybridized carbons (Fsp3) is 1.00. The van der Waals surface area contributed by atoms with Crippen LogP contribution in [0, 0.1) is 5.41 Å². The molecule has 2 heteroatoms. The Bertz CT molecular complexity index is 187. The molecular weight excluding hydrogens is 184 g/mol. The van der Waals surface area contributed by atoms with Crippen LogP contribution in [0.3, 0.4) is 0 Å². The molecule has 2 nitrogen and oxygen atoms in total. The number of nitrogens with zero attached hydrogens (tertiary/aromatic N) is 1. The van der Waals surface area contributed by atoms with Crippen molar-refractivity contribution in [1.82, 2.24) is 10.2 Å². The minimum Gasteiger partial charge on any atom is -0.310 e. The molecule has 0 bridgehead atoms. The molecule has 1 N–H and O–H groups in total. The predicted molar refractivity (Wildman–Crippen MR) is 67.2 cm³/mol. The molecule has 1 fully saturated rings. The molecule has 1 heterocycles. The summed E-state index contributed by atoms with van der Waals surface area (Å²) in [6.45, 7) is 12.8. The zero-order valence-electron chi connectivity index (χ0n) is 11.2. The molecule has 0 aromatic heterocycles. The van der Waals surface area contributed by atoms with E-state index in [0.29, 0.717) is 11.0 Å². The summed E-state index contributed by atoms with van der Waals surface area (Å²) in [4.78, 5) is 2.47. The smallest absolute Gasteiger partial charge is 0.0280 e. The molecule has 15 heavy (non-hydrogen) atoms. The lowest BCUT2D eigenvalue weighted by molar-refractivity contribution is 0.151. The molecular formula is C13H28N2. The molecule has 1 saturated heterocycles. The van der Waals surface area contributed by atoms with Gasteiger partial charge in [0.15, 0.2) is 0 Å². The van der Waals surface area contributed by atoms with E-state index in [4.69, 9.17) is 0 Å². The minimum absolute atomic E-state index is 0.345. The van der Waals surface area contributed by atoms with Gasteiger partial charge in [0.2, 0.25) is 0 Å². The van der Waals surface area contributed by atoms with Crippen molar-refractivity contribution in [2.24, 2.45) is 5.41 Å². The number of hydrogen-bond acceptors (Lipinski definition) is 2. The highest BCUT2D eigenvalue weighted by Gasteiger charge is 2.28. The summed E-state index contributed by atoms with van der Waals surface area (Å²) in [5.41, 5.74) is 0.748. The average molecular weight is 212 g/mol. The van der Waals surface area contributed by atoms with Crippen molar-refractivity contribution in [3.05, 3.63) is 0 Å². The van der Waals surface area contributed by atoms with E-state index in [9.17, 15) is 0 Å². The Morgan fingerprint density at radius 3 is 2.40 bits per heavy atom. The molecule has 0 aromatic carbocycles. The van der Waals surface area contributed by atoms with Gasteiger partial charge in [-0.1, -0.05) is 27.2 Å². The fourth-order valence-electron chi connectivity index (χ4n) is 2.72. The fourth-order valence-corrected chi connectivity index (χ4v) is 2.72. The van der Waals surface area contributed by atoms with Crippen molar-refractivity contribution in [3.63, 3.8) is 0 Å². The van der Waals surface area contributed by atoms with Gasteiger partial charge in [-0.3, -0.25) is 0 Å². The van der Waals surface area contributed by atoms with E-state index >= 15 is 0 Å². The highest BCUT2D eigenvalue weighted by molar-refractivity contribution is 4.89. The zero-order valence-corrected chi connectivity index (χ0v) is 11.2. The topological polar surface area (TPSA) is 15.3 Å². The second-order valence-corrected chi connectivity index (χ2v) is 6.68. The average Bonchev–Trinajstić information content (AvgIpc) is 1.99. The van der Waals surface area contributed by atoms with Gasteiger partial charge in [-0.15, -0.1) is 0 Å². The van der Waals surface area contributed by atoms with E-state index < -0.39 is 0 Å². The van der Waals surface area contributed by atoms with Crippen LogP contribution in [-0.4, -0.2) is 37.1 Å². The van der Waals surface area contributed by atoms with E-state index in [1.807, 2.05) is 0 Å². The van der Waals surface area contributed by atoms with Gasteiger partial charge in [0.1, 0.15) is 0 Å². The van der Waals surface area contributed by atoms with Crippen molar-refractivity contribution in [2.45, 2.75) is 52.5 Å². The summed E-state index contributed by atoms with van der Waals surface area (Å²) < 4.78 is 0. The third kappa shape index (κ3) is 4.98. The Morgan fingerprint density at radius 2 is 1.93 bits per heavy atom. The minimum atomic E-state index is 0.345. The summed E-state index contributed by atoms with van der Waals surface area (Å²) in [7, 11) is 2.24. The first-order valence-electron chi connectivity index (χ1n) is 6.24. The monoisotopic (exact) mass is 212 g/mol. The van der Waals surface area contributed by atoms with Crippen LogP contribution in [-0.2, 0) is 0 Å². The normalized spacial score (nSPS) is 28.4. The summed E-state index contributed by atoms with van der Waals surface area (Å²) in [6, 6.07) is 0. The van der Waals surface area contributed by atoms with E-state index in [1.54, 1.807) is 0 Å². The van der Waals surface area contributed by atoms with E-state index in [-0.39, 0.29) is 0 Å². The third-order valence-electron chi connectivity index (χ3n) is 3.07. The van der Waals surface area contributed by atoms with Gasteiger partial charge in [0.25, 0.3) is 0 Å². The van der Waals surface area contributed by atoms with Gasteiger partial charge < -0.3 is 10.2 Å². The Kier molecular flexibility index (Phi) is 4.19. The first-order valence-corrected chi connectivity index (χ1v) is 6.24. The SMILES string of the molecule is CN(CC(C)(C)C)CC1(C)CCCCN1. The maximum absolute atomic E-state index is 3.67. The molecule has 0 aliphatic carbocycles. The van der Waals surface area contributed by atoms with E-state index in [0.717, 1.165) is 0 Å². The van der Waals surface area contributed by atoms with Gasteiger partial charge in [0.05, 0.1) is 0 Å². The second kappa shape index (κ2) is 4.84. The van der Waals surface area contributed by atoms with Crippen LogP contribution in [0.2, 0.25) is 0 Å². The summed E-state index contributed by atoms with van der Waals surface area (Å²) in [5, 5.41) is 3.67. The molecule has 1 atom stereocenters. The van der Waals surface area contributed by atoms with Crippen LogP contribution in [0.15, 0.2) is 0 Å². The van der Waals surface area contributed by atoms with Gasteiger partial charge in [-0.2, -0.15) is 0 Å². The Labute approximate surface area is 95.4 Å². The summed E-state index contributed by atoms with van der Waals surface area (Å²) in [5.74, 6) is 0. The van der Waals surface area contributed by atoms with Crippen LogP contribution in [0.1, 0.15) is 47.0 Å². The predicted octanol–water partition coefficient (Wildman–Crippen LogP) is 2.50. The summed E-state index contributed by atoms with van der Waals surface area (Å²) >= 11 is 0. The van der Waals surface area contributed by atoms with Crippen LogP contribution in [0.4, 0.5) is 0 Å². The number of hydrogen-bond donors (Lipinski definition) is 1. The largest absolute Gasteiger partial charge is 0.310 e. The highest BCUT2D eigenvalue weighted by atomic mass is 15.2. The third-order valence-corrected chi connectivity index (χ3v) is 3.07. The van der Waals surface area contributed by atoms with Crippen molar-refractivity contribution in [1.29, 1.82) is 0 Å². The number of likely N-dealkylation sites (N-methyl/N-ethyl adjacent to an activating group) is 1. The maximum atomic E-state index is 3.67. The number of piperidine rings is 1. The zero-order chi connectivity index (χ0) is 11.5. The van der Waals surface area contributed by atoms with Crippen LogP contribution in [0.5, 0.6) is 0 Å². The Hall–Kier alpha value is -0.0800. The molecule has 0 aromatic rings. The summed E-state index contributed by atoms with van der Waals surface area (Å²) in [6.07, 6.45) is 4.05. The lowest BCUT2D eigenvalue weighted by Crippen LogP contribution is -2.53. The van der Waals surface area contributed by atoms with Crippen LogP contribution in [0.25, 0.3) is 0 Å². The standard InChI is InChI=1S/C13H28N2/c1-12(2,3)10-15(5)11-13(4)8-6-7-9-14-13/h14H,6-11H2,1-5H3. The molecule has 0 amide bonds. The van der Waals surface area contributed by atoms with Crippen molar-refractivity contribution >= 4 is 0 Å². The maximum Gasteiger partial charge on any atom is 0.0280 e. The first kappa shape index (κ1) is 13.0. The number of nitrogens with one attached hydrogen (secondary N) is 1. The molecule has 0 saturated carbocycles. The first-order chi connectivity index (χ1) is 6.81. The van der Waals surface area contributed by atoms with Gasteiger partial charge in [-0.05, 0) is 38.8 Å². The van der Waals surface area contributed by atoms with Crippen LogP contribution < -0.4 is 5.32 Å². The van der Waals surface area contributed by atoms with Crippen molar-refractivity contribution in [2.75, 3.05) is 26.7 Å². The second-order valence-electron chi connectivity index (χ2n) is 6.68. The van der Waals surface area contributed by atoms with Gasteiger partial charge in [0, 0.05) is 18.6 Å². The lowest BCUT2D eigenvalue weighted by atomic mass is 9.89. The molecule has 0 spiro atoms. The van der Waals surface area contributed by atoms with Crippen molar-refractivity contribution < 1.29 is 0 Å². The van der Waals surface area contributed by atoms with Crippen molar-refractivity contribution in [3.8, 4) is 0 Å². The molecule has 1 rings (SSSR count). The van der Waals surface area contributed by atoms with Gasteiger partial charge in [-0.25, -0.2) is 0 Å². The highest BCUT2D eigenvalue weighted by Crippen LogP contribution is 2.21. The molecule has 90 valence electrons. The van der Waals surface area contributed by atoms with Crippen LogP contribution >= 0.6 is 0 Å². The Morgan fingerprint density at radius 1 is 1.27 bits per heavy atom. The Balaban J connectivity index is 2.38. The molecule has 1 unspecified atom stereocenters.